The second-order valence-corrected chi connectivity index (χ2v) is 11.8. The van der Waals surface area contributed by atoms with Gasteiger partial charge in [0, 0.05) is 11.0 Å². The van der Waals surface area contributed by atoms with Crippen molar-refractivity contribution in [1.29, 1.82) is 0 Å². The highest BCUT2D eigenvalue weighted by atomic mass is 35.5. The molecule has 0 atom stereocenters. The number of carbonyl (C=O) groups is 1. The van der Waals surface area contributed by atoms with Gasteiger partial charge >= 0.3 is 0 Å². The Balaban J connectivity index is 1.47. The molecule has 204 valence electrons. The summed E-state index contributed by atoms with van der Waals surface area (Å²) in [6.07, 6.45) is 6.18. The van der Waals surface area contributed by atoms with Crippen molar-refractivity contribution < 1.29 is 9.53 Å². The zero-order valence-corrected chi connectivity index (χ0v) is 23.9. The van der Waals surface area contributed by atoms with Gasteiger partial charge in [0.15, 0.2) is 5.16 Å². The summed E-state index contributed by atoms with van der Waals surface area (Å²) in [5.74, 6) is 0.545. The quantitative estimate of drug-likeness (QED) is 0.198. The van der Waals surface area contributed by atoms with Crippen LogP contribution < -0.4 is 15.6 Å². The van der Waals surface area contributed by atoms with Crippen molar-refractivity contribution in [1.82, 2.24) is 9.55 Å². The summed E-state index contributed by atoms with van der Waals surface area (Å²) < 4.78 is 7.04. The fourth-order valence-electron chi connectivity index (χ4n) is 6.12. The van der Waals surface area contributed by atoms with Crippen LogP contribution in [0, 0.1) is 0 Å². The zero-order chi connectivity index (χ0) is 27.7. The van der Waals surface area contributed by atoms with Crippen LogP contribution in [-0.2, 0) is 16.6 Å². The maximum Gasteiger partial charge on any atom is 0.263 e. The van der Waals surface area contributed by atoms with Gasteiger partial charge in [0.05, 0.1) is 40.5 Å². The number of anilines is 1. The number of carbonyl (C=O) groups excluding carboxylic acids is 1. The van der Waals surface area contributed by atoms with E-state index in [9.17, 15) is 9.59 Å². The zero-order valence-electron chi connectivity index (χ0n) is 22.3. The van der Waals surface area contributed by atoms with E-state index in [1.807, 2.05) is 42.5 Å². The summed E-state index contributed by atoms with van der Waals surface area (Å²) in [4.78, 5) is 32.7. The van der Waals surface area contributed by atoms with Crippen LogP contribution in [0.5, 0.6) is 5.75 Å². The normalized spacial score (nSPS) is 15.2. The molecule has 1 heterocycles. The van der Waals surface area contributed by atoms with Gasteiger partial charge in [-0.05, 0) is 61.2 Å². The van der Waals surface area contributed by atoms with Crippen LogP contribution in [-0.4, -0.2) is 28.3 Å². The van der Waals surface area contributed by atoms with E-state index in [2.05, 4.69) is 23.5 Å². The largest absolute Gasteiger partial charge is 0.497 e. The molecule has 6 rings (SSSR count). The topological polar surface area (TPSA) is 73.2 Å². The third-order valence-corrected chi connectivity index (χ3v) is 9.27. The van der Waals surface area contributed by atoms with Crippen LogP contribution in [0.15, 0.2) is 82.7 Å². The molecule has 4 aromatic rings. The summed E-state index contributed by atoms with van der Waals surface area (Å²) in [6.45, 7) is 0. The van der Waals surface area contributed by atoms with Crippen molar-refractivity contribution in [3.63, 3.8) is 0 Å². The minimum atomic E-state index is -0.231. The highest BCUT2D eigenvalue weighted by molar-refractivity contribution is 7.99. The summed E-state index contributed by atoms with van der Waals surface area (Å²) >= 11 is 7.49. The van der Waals surface area contributed by atoms with Gasteiger partial charge in [-0.3, -0.25) is 14.2 Å². The Bertz CT molecular complexity index is 1630. The highest BCUT2D eigenvalue weighted by Crippen LogP contribution is 2.49. The summed E-state index contributed by atoms with van der Waals surface area (Å²) in [6, 6.07) is 22.8. The van der Waals surface area contributed by atoms with Gasteiger partial charge in [0.25, 0.3) is 5.56 Å². The molecule has 40 heavy (non-hydrogen) atoms. The number of fused-ring (bicyclic) bond motifs is 4. The van der Waals surface area contributed by atoms with Crippen LogP contribution in [0.3, 0.4) is 0 Å². The van der Waals surface area contributed by atoms with Gasteiger partial charge in [-0.25, -0.2) is 4.98 Å². The van der Waals surface area contributed by atoms with Gasteiger partial charge in [-0.1, -0.05) is 79.0 Å². The number of rotatable bonds is 6. The number of aromatic nitrogens is 2. The minimum Gasteiger partial charge on any atom is -0.497 e. The second kappa shape index (κ2) is 11.1. The summed E-state index contributed by atoms with van der Waals surface area (Å²) in [7, 11) is 1.62. The maximum absolute atomic E-state index is 14.6. The van der Waals surface area contributed by atoms with E-state index in [4.69, 9.17) is 21.3 Å². The third-order valence-electron chi connectivity index (χ3n) is 8.01. The number of methoxy groups -OCH3 is 1. The Labute approximate surface area is 242 Å². The number of thioether (sulfide) groups is 1. The van der Waals surface area contributed by atoms with Crippen molar-refractivity contribution in [2.24, 2.45) is 0 Å². The van der Waals surface area contributed by atoms with Gasteiger partial charge in [0.1, 0.15) is 5.75 Å². The monoisotopic (exact) mass is 571 g/mol. The number of nitrogens with zero attached hydrogens (tertiary/aromatic N) is 2. The SMILES string of the molecule is COc1ccc(-n2c(SCC(=O)Nc3ccccc3Cl)nc3c(c2=O)C2(CCCCC2)Cc2ccccc2-3)cc1. The molecule has 1 N–H and O–H groups in total. The standard InChI is InChI=1S/C32H30ClN3O3S/c1-39-23-15-13-22(14-16-23)36-30(38)28-29(24-10-4-3-9-21(24)19-32(28)17-7-2-8-18-32)35-31(36)40-20-27(37)34-26-12-6-5-11-25(26)33/h3-6,9-16H,2,7-8,17-20H2,1H3,(H,34,37). The van der Waals surface area contributed by atoms with Crippen LogP contribution in [0.25, 0.3) is 16.9 Å². The molecule has 0 aliphatic heterocycles. The number of ether oxygens (including phenoxy) is 1. The first-order valence-electron chi connectivity index (χ1n) is 13.6. The molecule has 8 heteroatoms. The van der Waals surface area contributed by atoms with Crippen molar-refractivity contribution in [2.45, 2.75) is 49.1 Å². The van der Waals surface area contributed by atoms with E-state index < -0.39 is 0 Å². The Morgan fingerprint density at radius 2 is 1.75 bits per heavy atom. The van der Waals surface area contributed by atoms with Gasteiger partial charge < -0.3 is 10.1 Å². The van der Waals surface area contributed by atoms with E-state index >= 15 is 0 Å². The van der Waals surface area contributed by atoms with E-state index in [0.717, 1.165) is 48.9 Å². The van der Waals surface area contributed by atoms with Crippen LogP contribution in [0.2, 0.25) is 5.02 Å². The van der Waals surface area contributed by atoms with E-state index in [0.29, 0.717) is 27.3 Å². The number of hydrogen-bond acceptors (Lipinski definition) is 5. The number of nitrogens with one attached hydrogen (secondary N) is 1. The highest BCUT2D eigenvalue weighted by Gasteiger charge is 2.43. The summed E-state index contributed by atoms with van der Waals surface area (Å²) in [5.41, 5.74) is 4.77. The molecule has 6 nitrogen and oxygen atoms in total. The van der Waals surface area contributed by atoms with Crippen molar-refractivity contribution in [3.8, 4) is 22.7 Å². The molecule has 1 amide bonds. The first-order chi connectivity index (χ1) is 19.5. The van der Waals surface area contributed by atoms with Crippen molar-refractivity contribution >= 4 is 35.0 Å². The smallest absolute Gasteiger partial charge is 0.263 e. The number of halogens is 1. The first kappa shape index (κ1) is 26.7. The molecule has 0 bridgehead atoms. The number of amides is 1. The molecule has 1 saturated carbocycles. The Kier molecular flexibility index (Phi) is 7.43. The number of benzene rings is 3. The first-order valence-corrected chi connectivity index (χ1v) is 14.9. The van der Waals surface area contributed by atoms with Crippen molar-refractivity contribution in [3.05, 3.63) is 99.3 Å². The lowest BCUT2D eigenvalue weighted by Crippen LogP contribution is -2.43. The molecular weight excluding hydrogens is 542 g/mol. The maximum atomic E-state index is 14.6. The molecule has 2 aliphatic rings. The van der Waals surface area contributed by atoms with E-state index in [-0.39, 0.29) is 22.6 Å². The number of para-hydroxylation sites is 1. The molecule has 2 aliphatic carbocycles. The molecule has 3 aromatic carbocycles. The van der Waals surface area contributed by atoms with E-state index in [1.54, 1.807) is 23.8 Å². The Morgan fingerprint density at radius 1 is 1.02 bits per heavy atom. The Hall–Kier alpha value is -3.55. The van der Waals surface area contributed by atoms with Gasteiger partial charge in [-0.15, -0.1) is 0 Å². The second-order valence-electron chi connectivity index (χ2n) is 10.4. The molecule has 0 radical (unpaired) electrons. The predicted octanol–water partition coefficient (Wildman–Crippen LogP) is 7.05. The fourth-order valence-corrected chi connectivity index (χ4v) is 7.11. The predicted molar refractivity (Wildman–Crippen MR) is 161 cm³/mol. The van der Waals surface area contributed by atoms with Gasteiger partial charge in [-0.2, -0.15) is 0 Å². The Morgan fingerprint density at radius 3 is 2.50 bits per heavy atom. The lowest BCUT2D eigenvalue weighted by atomic mass is 9.62. The molecule has 1 aromatic heterocycles. The minimum absolute atomic E-state index is 0.0550. The van der Waals surface area contributed by atoms with Gasteiger partial charge in [0.2, 0.25) is 5.91 Å². The molecule has 1 fully saturated rings. The molecular formula is C32H30ClN3O3S. The number of hydrogen-bond donors (Lipinski definition) is 1. The lowest BCUT2D eigenvalue weighted by Gasteiger charge is -2.42. The molecule has 1 spiro atoms. The van der Waals surface area contributed by atoms with Crippen LogP contribution in [0.4, 0.5) is 5.69 Å². The van der Waals surface area contributed by atoms with E-state index in [1.165, 1.54) is 23.7 Å². The van der Waals surface area contributed by atoms with Crippen LogP contribution in [0.1, 0.15) is 43.2 Å². The van der Waals surface area contributed by atoms with Crippen molar-refractivity contribution in [2.75, 3.05) is 18.2 Å². The fraction of sp³-hybridized carbons (Fsp3) is 0.281. The molecule has 0 saturated heterocycles. The van der Waals surface area contributed by atoms with Crippen LogP contribution >= 0.6 is 23.4 Å². The lowest BCUT2D eigenvalue weighted by molar-refractivity contribution is -0.113. The average Bonchev–Trinajstić information content (AvgIpc) is 2.98. The third kappa shape index (κ3) is 4.93. The summed E-state index contributed by atoms with van der Waals surface area (Å²) in [5, 5.41) is 3.82. The average molecular weight is 572 g/mol. The molecule has 0 unspecified atom stereocenters.